The summed E-state index contributed by atoms with van der Waals surface area (Å²) in [5, 5.41) is 7.53. The fourth-order valence-corrected chi connectivity index (χ4v) is 7.41. The van der Waals surface area contributed by atoms with Crippen molar-refractivity contribution in [1.82, 2.24) is 19.8 Å². The van der Waals surface area contributed by atoms with E-state index in [1.807, 2.05) is 25.1 Å². The molecule has 42 heavy (non-hydrogen) atoms. The molecule has 2 aliphatic heterocycles. The highest BCUT2D eigenvalue weighted by Gasteiger charge is 2.28. The third kappa shape index (κ3) is 7.10. The number of aryl methyl sites for hydroxylation is 2. The zero-order valence-electron chi connectivity index (χ0n) is 25.6. The fourth-order valence-electron chi connectivity index (χ4n) is 5.90. The monoisotopic (exact) mass is 655 g/mol. The molecule has 1 aromatic heterocycles. The Morgan fingerprint density at radius 2 is 1.69 bits per heavy atom. The van der Waals surface area contributed by atoms with E-state index in [2.05, 4.69) is 72.4 Å². The van der Waals surface area contributed by atoms with Crippen LogP contribution in [0.3, 0.4) is 0 Å². The molecular formula is C31H43BrN7O2P. The predicted molar refractivity (Wildman–Crippen MR) is 179 cm³/mol. The Kier molecular flexibility index (Phi) is 9.47. The average Bonchev–Trinajstić information content (AvgIpc) is 2.96. The summed E-state index contributed by atoms with van der Waals surface area (Å²) >= 11 is 3.57. The van der Waals surface area contributed by atoms with Gasteiger partial charge in [-0.05, 0) is 86.8 Å². The molecule has 2 fully saturated rings. The summed E-state index contributed by atoms with van der Waals surface area (Å²) in [6.07, 6.45) is 4.08. The van der Waals surface area contributed by atoms with E-state index in [-0.39, 0.29) is 0 Å². The highest BCUT2D eigenvalue weighted by atomic mass is 79.9. The van der Waals surface area contributed by atoms with Crippen LogP contribution in [0.5, 0.6) is 5.75 Å². The van der Waals surface area contributed by atoms with Gasteiger partial charge in [0.05, 0.1) is 23.0 Å². The third-order valence-electron chi connectivity index (χ3n) is 8.35. The lowest BCUT2D eigenvalue weighted by Crippen LogP contribution is -2.52. The number of hydrogen-bond acceptors (Lipinski definition) is 9. The Labute approximate surface area is 258 Å². The SMILES string of the molecule is COc1cc(N2CCC(N3CCN(C)CC3)CC2)c(C)cc1Nc1ncc(Br)c(Nc2ccc(C)cc2P(C)(C)=O)n1. The van der Waals surface area contributed by atoms with Gasteiger partial charge in [0.25, 0.3) is 0 Å². The summed E-state index contributed by atoms with van der Waals surface area (Å²) in [6.45, 7) is 14.5. The molecular weight excluding hydrogens is 613 g/mol. The quantitative estimate of drug-likeness (QED) is 0.292. The summed E-state index contributed by atoms with van der Waals surface area (Å²) in [5.74, 6) is 1.77. The van der Waals surface area contributed by atoms with Crippen molar-refractivity contribution in [3.63, 3.8) is 0 Å². The molecule has 0 atom stereocenters. The van der Waals surface area contributed by atoms with Crippen molar-refractivity contribution in [3.8, 4) is 5.75 Å². The number of likely N-dealkylation sites (N-methyl/N-ethyl adjacent to an activating group) is 1. The fraction of sp³-hybridized carbons (Fsp3) is 0.484. The lowest BCUT2D eigenvalue weighted by atomic mass is 10.0. The summed E-state index contributed by atoms with van der Waals surface area (Å²) in [7, 11) is 1.40. The minimum Gasteiger partial charge on any atom is -0.494 e. The Bertz CT molecular complexity index is 1460. The molecule has 2 N–H and O–H groups in total. The van der Waals surface area contributed by atoms with E-state index in [0.29, 0.717) is 22.3 Å². The van der Waals surface area contributed by atoms with Crippen molar-refractivity contribution >= 4 is 57.2 Å². The van der Waals surface area contributed by atoms with E-state index in [4.69, 9.17) is 9.72 Å². The first-order chi connectivity index (χ1) is 20.0. The first-order valence-corrected chi connectivity index (χ1v) is 18.0. The van der Waals surface area contributed by atoms with E-state index in [9.17, 15) is 4.57 Å². The summed E-state index contributed by atoms with van der Waals surface area (Å²) in [6, 6.07) is 10.8. The molecule has 0 bridgehead atoms. The van der Waals surface area contributed by atoms with Crippen LogP contribution < -0.4 is 25.6 Å². The Hall–Kier alpha value is -2.65. The number of nitrogens with one attached hydrogen (secondary N) is 2. The van der Waals surface area contributed by atoms with Crippen LogP contribution in [-0.4, -0.2) is 92.6 Å². The molecule has 3 aromatic rings. The summed E-state index contributed by atoms with van der Waals surface area (Å²) in [4.78, 5) is 16.8. The molecule has 0 aliphatic carbocycles. The van der Waals surface area contributed by atoms with E-state index >= 15 is 0 Å². The van der Waals surface area contributed by atoms with Gasteiger partial charge in [0.2, 0.25) is 5.95 Å². The molecule has 0 amide bonds. The van der Waals surface area contributed by atoms with Gasteiger partial charge in [-0.15, -0.1) is 0 Å². The second kappa shape index (κ2) is 12.9. The van der Waals surface area contributed by atoms with Crippen molar-refractivity contribution in [2.24, 2.45) is 0 Å². The molecule has 11 heteroatoms. The van der Waals surface area contributed by atoms with Crippen molar-refractivity contribution in [2.45, 2.75) is 32.7 Å². The van der Waals surface area contributed by atoms with Crippen LogP contribution in [0.2, 0.25) is 0 Å². The largest absolute Gasteiger partial charge is 0.494 e. The van der Waals surface area contributed by atoms with Crippen LogP contribution in [0.1, 0.15) is 24.0 Å². The Morgan fingerprint density at radius 3 is 2.36 bits per heavy atom. The summed E-state index contributed by atoms with van der Waals surface area (Å²) < 4.78 is 19.5. The number of rotatable bonds is 8. The van der Waals surface area contributed by atoms with Crippen LogP contribution in [0, 0.1) is 13.8 Å². The van der Waals surface area contributed by atoms with Crippen LogP contribution >= 0.6 is 23.1 Å². The number of piperidine rings is 1. The summed E-state index contributed by atoms with van der Waals surface area (Å²) in [5.41, 5.74) is 5.03. The van der Waals surface area contributed by atoms with Gasteiger partial charge < -0.3 is 29.7 Å². The van der Waals surface area contributed by atoms with Gasteiger partial charge in [-0.1, -0.05) is 11.6 Å². The minimum absolute atomic E-state index is 0.434. The molecule has 226 valence electrons. The van der Waals surface area contributed by atoms with Gasteiger partial charge in [0.1, 0.15) is 18.7 Å². The maximum atomic E-state index is 13.0. The van der Waals surface area contributed by atoms with Crippen LogP contribution in [0.15, 0.2) is 41.0 Å². The molecule has 0 radical (unpaired) electrons. The van der Waals surface area contributed by atoms with Gasteiger partial charge in [0, 0.05) is 68.6 Å². The zero-order valence-corrected chi connectivity index (χ0v) is 28.1. The van der Waals surface area contributed by atoms with E-state index < -0.39 is 7.14 Å². The lowest BCUT2D eigenvalue weighted by Gasteiger charge is -2.43. The van der Waals surface area contributed by atoms with Crippen molar-refractivity contribution in [1.29, 1.82) is 0 Å². The van der Waals surface area contributed by atoms with Gasteiger partial charge in [-0.3, -0.25) is 4.90 Å². The highest BCUT2D eigenvalue weighted by Crippen LogP contribution is 2.40. The van der Waals surface area contributed by atoms with Crippen LogP contribution in [0.4, 0.5) is 28.8 Å². The number of halogens is 1. The first kappa shape index (κ1) is 30.8. The number of hydrogen-bond donors (Lipinski definition) is 2. The van der Waals surface area contributed by atoms with E-state index in [1.165, 1.54) is 37.2 Å². The Morgan fingerprint density at radius 1 is 0.976 bits per heavy atom. The van der Waals surface area contributed by atoms with E-state index in [0.717, 1.165) is 54.2 Å². The van der Waals surface area contributed by atoms with Gasteiger partial charge >= 0.3 is 0 Å². The number of ether oxygens (including phenoxy) is 1. The minimum atomic E-state index is -2.51. The second-order valence-electron chi connectivity index (χ2n) is 11.9. The lowest BCUT2D eigenvalue weighted by molar-refractivity contribution is 0.0982. The highest BCUT2D eigenvalue weighted by molar-refractivity contribution is 9.10. The number of benzene rings is 2. The molecule has 2 saturated heterocycles. The van der Waals surface area contributed by atoms with Crippen LogP contribution in [0.25, 0.3) is 0 Å². The normalized spacial score (nSPS) is 17.4. The molecule has 0 saturated carbocycles. The van der Waals surface area contributed by atoms with Crippen molar-refractivity contribution in [3.05, 3.63) is 52.1 Å². The van der Waals surface area contributed by atoms with E-state index in [1.54, 1.807) is 26.6 Å². The molecule has 0 unspecified atom stereocenters. The number of anilines is 5. The third-order valence-corrected chi connectivity index (χ3v) is 10.5. The maximum Gasteiger partial charge on any atom is 0.229 e. The van der Waals surface area contributed by atoms with Gasteiger partial charge in [0.15, 0.2) is 0 Å². The van der Waals surface area contributed by atoms with Gasteiger partial charge in [-0.25, -0.2) is 4.98 Å². The first-order valence-electron chi connectivity index (χ1n) is 14.6. The number of methoxy groups -OCH3 is 1. The van der Waals surface area contributed by atoms with Gasteiger partial charge in [-0.2, -0.15) is 4.98 Å². The molecule has 2 aliphatic rings. The smallest absolute Gasteiger partial charge is 0.229 e. The average molecular weight is 657 g/mol. The topological polar surface area (TPSA) is 85.9 Å². The molecule has 0 spiro atoms. The van der Waals surface area contributed by atoms with Crippen molar-refractivity contribution in [2.75, 3.05) is 82.3 Å². The van der Waals surface area contributed by atoms with Crippen molar-refractivity contribution < 1.29 is 9.30 Å². The number of nitrogens with zero attached hydrogens (tertiary/aromatic N) is 5. The molecule has 2 aromatic carbocycles. The predicted octanol–water partition coefficient (Wildman–Crippen LogP) is 5.82. The number of aromatic nitrogens is 2. The van der Waals surface area contributed by atoms with Crippen LogP contribution in [-0.2, 0) is 4.57 Å². The molecule has 9 nitrogen and oxygen atoms in total. The molecule has 5 rings (SSSR count). The number of piperazine rings is 1. The Balaban J connectivity index is 1.31. The maximum absolute atomic E-state index is 13.0. The standard InChI is InChI=1S/C31H43BrN7O2P/c1-21-7-8-25(29(17-21)42(5,6)40)34-30-24(32)20-33-31(36-30)35-26-18-22(2)27(19-28(26)41-4)39-11-9-23(10-12-39)38-15-13-37(3)14-16-38/h7-8,17-20,23H,9-16H2,1-6H3,(H2,33,34,35,36). The zero-order chi connectivity index (χ0) is 30.0. The second-order valence-corrected chi connectivity index (χ2v) is 15.9. The molecule has 3 heterocycles.